The van der Waals surface area contributed by atoms with E-state index >= 15 is 0 Å². The number of fused-ring (bicyclic) bond motifs is 3. The molecule has 1 aliphatic carbocycles. The quantitative estimate of drug-likeness (QED) is 0.781. The number of rotatable bonds is 5. The van der Waals surface area contributed by atoms with Gasteiger partial charge in [0.05, 0.1) is 6.61 Å². The first-order valence-corrected chi connectivity index (χ1v) is 8.56. The van der Waals surface area contributed by atoms with Crippen molar-refractivity contribution in [3.63, 3.8) is 0 Å². The SMILES string of the molecule is CCC(=O)Nc1ccc2c(c1)C(CO)c1cc(NC(=O)CC)ccc1-2. The molecule has 2 aromatic carbocycles. The summed E-state index contributed by atoms with van der Waals surface area (Å²) in [5.41, 5.74) is 5.55. The van der Waals surface area contributed by atoms with E-state index in [-0.39, 0.29) is 24.3 Å². The van der Waals surface area contributed by atoms with Gasteiger partial charge < -0.3 is 15.7 Å². The van der Waals surface area contributed by atoms with Crippen molar-refractivity contribution < 1.29 is 14.7 Å². The van der Waals surface area contributed by atoms with Crippen LogP contribution in [0.4, 0.5) is 11.4 Å². The van der Waals surface area contributed by atoms with Crippen molar-refractivity contribution in [3.05, 3.63) is 47.5 Å². The summed E-state index contributed by atoms with van der Waals surface area (Å²) in [6.07, 6.45) is 0.836. The summed E-state index contributed by atoms with van der Waals surface area (Å²) < 4.78 is 0. The normalized spacial score (nSPS) is 12.4. The summed E-state index contributed by atoms with van der Waals surface area (Å²) in [7, 11) is 0. The average molecular weight is 338 g/mol. The van der Waals surface area contributed by atoms with Crippen LogP contribution in [0.5, 0.6) is 0 Å². The van der Waals surface area contributed by atoms with E-state index in [1.165, 1.54) is 0 Å². The van der Waals surface area contributed by atoms with Crippen LogP contribution < -0.4 is 10.6 Å². The number of hydrogen-bond acceptors (Lipinski definition) is 3. The van der Waals surface area contributed by atoms with Gasteiger partial charge in [-0.25, -0.2) is 0 Å². The molecule has 3 N–H and O–H groups in total. The fraction of sp³-hybridized carbons (Fsp3) is 0.300. The Bertz CT molecular complexity index is 762. The summed E-state index contributed by atoms with van der Waals surface area (Å²) >= 11 is 0. The molecule has 0 aromatic heterocycles. The summed E-state index contributed by atoms with van der Waals surface area (Å²) in [5, 5.41) is 15.6. The molecule has 3 rings (SSSR count). The lowest BCUT2D eigenvalue weighted by Crippen LogP contribution is -2.11. The predicted molar refractivity (Wildman–Crippen MR) is 98.6 cm³/mol. The number of amides is 2. The van der Waals surface area contributed by atoms with Gasteiger partial charge in [-0.05, 0) is 46.5 Å². The van der Waals surface area contributed by atoms with Gasteiger partial charge in [0, 0.05) is 30.1 Å². The minimum atomic E-state index is -0.165. The molecule has 2 amide bonds. The molecule has 1 aliphatic rings. The second-order valence-electron chi connectivity index (χ2n) is 6.14. The molecule has 0 saturated heterocycles. The molecule has 0 heterocycles. The van der Waals surface area contributed by atoms with Crippen LogP contribution in [0, 0.1) is 0 Å². The molecular weight excluding hydrogens is 316 g/mol. The zero-order chi connectivity index (χ0) is 18.0. The maximum atomic E-state index is 11.6. The number of carbonyl (C=O) groups is 2. The summed E-state index contributed by atoms with van der Waals surface area (Å²) in [6.45, 7) is 3.58. The number of hydrogen-bond donors (Lipinski definition) is 3. The van der Waals surface area contributed by atoms with E-state index in [2.05, 4.69) is 10.6 Å². The Morgan fingerprint density at radius 3 is 1.68 bits per heavy atom. The van der Waals surface area contributed by atoms with Gasteiger partial charge in [-0.15, -0.1) is 0 Å². The second kappa shape index (κ2) is 7.07. The highest BCUT2D eigenvalue weighted by Crippen LogP contribution is 2.46. The molecule has 0 atom stereocenters. The molecule has 0 radical (unpaired) electrons. The van der Waals surface area contributed by atoms with Crippen LogP contribution in [0.3, 0.4) is 0 Å². The summed E-state index contributed by atoms with van der Waals surface area (Å²) in [6, 6.07) is 11.5. The summed E-state index contributed by atoms with van der Waals surface area (Å²) in [4.78, 5) is 23.3. The molecule has 0 fully saturated rings. The standard InChI is InChI=1S/C20H22N2O3/c1-3-19(24)21-12-5-7-14-15-8-6-13(22-20(25)4-2)10-17(15)18(11-23)16(14)9-12/h5-10,18,23H,3-4,11H2,1-2H3,(H,21,24)(H,22,25). The van der Waals surface area contributed by atoms with Crippen molar-refractivity contribution in [2.45, 2.75) is 32.6 Å². The number of carbonyl (C=O) groups excluding carboxylic acids is 2. The number of aliphatic hydroxyl groups is 1. The Morgan fingerprint density at radius 1 is 0.880 bits per heavy atom. The molecule has 2 aromatic rings. The van der Waals surface area contributed by atoms with E-state index in [0.717, 1.165) is 33.6 Å². The Hall–Kier alpha value is -2.66. The number of aliphatic hydroxyl groups excluding tert-OH is 1. The lowest BCUT2D eigenvalue weighted by Gasteiger charge is -2.12. The van der Waals surface area contributed by atoms with Crippen LogP contribution in [-0.4, -0.2) is 23.5 Å². The van der Waals surface area contributed by atoms with Crippen molar-refractivity contribution in [1.29, 1.82) is 0 Å². The maximum Gasteiger partial charge on any atom is 0.224 e. The zero-order valence-corrected chi connectivity index (χ0v) is 14.4. The fourth-order valence-corrected chi connectivity index (χ4v) is 3.21. The van der Waals surface area contributed by atoms with Gasteiger partial charge in [0.2, 0.25) is 11.8 Å². The van der Waals surface area contributed by atoms with Crippen LogP contribution in [0.2, 0.25) is 0 Å². The maximum absolute atomic E-state index is 11.6. The van der Waals surface area contributed by atoms with E-state index in [1.807, 2.05) is 36.4 Å². The van der Waals surface area contributed by atoms with Crippen molar-refractivity contribution in [2.24, 2.45) is 0 Å². The molecule has 0 aliphatic heterocycles. The Balaban J connectivity index is 1.97. The van der Waals surface area contributed by atoms with Crippen LogP contribution in [0.1, 0.15) is 43.7 Å². The van der Waals surface area contributed by atoms with Crippen LogP contribution in [0.25, 0.3) is 11.1 Å². The molecule has 0 unspecified atom stereocenters. The van der Waals surface area contributed by atoms with E-state index in [1.54, 1.807) is 13.8 Å². The van der Waals surface area contributed by atoms with Crippen molar-refractivity contribution in [1.82, 2.24) is 0 Å². The molecule has 130 valence electrons. The second-order valence-corrected chi connectivity index (χ2v) is 6.14. The first kappa shape index (κ1) is 17.2. The minimum Gasteiger partial charge on any atom is -0.395 e. The lowest BCUT2D eigenvalue weighted by molar-refractivity contribution is -0.116. The van der Waals surface area contributed by atoms with Gasteiger partial charge in [0.1, 0.15) is 0 Å². The van der Waals surface area contributed by atoms with Gasteiger partial charge in [-0.3, -0.25) is 9.59 Å². The molecule has 5 nitrogen and oxygen atoms in total. The van der Waals surface area contributed by atoms with Crippen LogP contribution in [-0.2, 0) is 9.59 Å². The first-order valence-electron chi connectivity index (χ1n) is 8.56. The topological polar surface area (TPSA) is 78.4 Å². The Labute approximate surface area is 147 Å². The van der Waals surface area contributed by atoms with Gasteiger partial charge in [0.25, 0.3) is 0 Å². The molecule has 0 spiro atoms. The number of nitrogens with one attached hydrogen (secondary N) is 2. The van der Waals surface area contributed by atoms with Crippen molar-refractivity contribution in [2.75, 3.05) is 17.2 Å². The lowest BCUT2D eigenvalue weighted by atomic mass is 9.97. The molecule has 5 heteroatoms. The zero-order valence-electron chi connectivity index (χ0n) is 14.4. The van der Waals surface area contributed by atoms with Gasteiger partial charge in [-0.1, -0.05) is 26.0 Å². The molecule has 0 bridgehead atoms. The highest BCUT2D eigenvalue weighted by atomic mass is 16.3. The first-order chi connectivity index (χ1) is 12.1. The molecule has 0 saturated carbocycles. The highest BCUT2D eigenvalue weighted by molar-refractivity contribution is 5.93. The van der Waals surface area contributed by atoms with E-state index in [9.17, 15) is 14.7 Å². The van der Waals surface area contributed by atoms with Crippen molar-refractivity contribution >= 4 is 23.2 Å². The fourth-order valence-electron chi connectivity index (χ4n) is 3.21. The third-order valence-corrected chi connectivity index (χ3v) is 4.54. The molecular formula is C20H22N2O3. The third-order valence-electron chi connectivity index (χ3n) is 4.54. The number of benzene rings is 2. The minimum absolute atomic E-state index is 0.0314. The van der Waals surface area contributed by atoms with E-state index in [4.69, 9.17) is 0 Å². The van der Waals surface area contributed by atoms with Gasteiger partial charge >= 0.3 is 0 Å². The highest BCUT2D eigenvalue weighted by Gasteiger charge is 2.29. The van der Waals surface area contributed by atoms with Gasteiger partial charge in [0.15, 0.2) is 0 Å². The molecule has 25 heavy (non-hydrogen) atoms. The Kier molecular flexibility index (Phi) is 4.86. The van der Waals surface area contributed by atoms with Crippen molar-refractivity contribution in [3.8, 4) is 11.1 Å². The Morgan fingerprint density at radius 2 is 1.32 bits per heavy atom. The monoisotopic (exact) mass is 338 g/mol. The third kappa shape index (κ3) is 3.28. The summed E-state index contributed by atoms with van der Waals surface area (Å²) in [5.74, 6) is -0.247. The predicted octanol–water partition coefficient (Wildman–Crippen LogP) is 3.49. The van der Waals surface area contributed by atoms with E-state index in [0.29, 0.717) is 12.8 Å². The number of anilines is 2. The average Bonchev–Trinajstić information content (AvgIpc) is 2.93. The van der Waals surface area contributed by atoms with Crippen LogP contribution in [0.15, 0.2) is 36.4 Å². The van der Waals surface area contributed by atoms with E-state index < -0.39 is 0 Å². The smallest absolute Gasteiger partial charge is 0.224 e. The largest absolute Gasteiger partial charge is 0.395 e. The van der Waals surface area contributed by atoms with Crippen LogP contribution >= 0.6 is 0 Å². The van der Waals surface area contributed by atoms with Gasteiger partial charge in [-0.2, -0.15) is 0 Å².